The zero-order chi connectivity index (χ0) is 30.5. The number of sulfonamides is 1. The first-order chi connectivity index (χ1) is 19.8. The SMILES string of the molecule is CC(C)(C)c1ccccc1S(=O)(=O)N[C@@H](CNC(=O)c1cccc(N2CCC[C@]2(O)CNc2ncccn2)c1)C(=O)O. The van der Waals surface area contributed by atoms with E-state index in [1.54, 1.807) is 65.8 Å². The van der Waals surface area contributed by atoms with Crippen molar-refractivity contribution < 1.29 is 28.2 Å². The van der Waals surface area contributed by atoms with Gasteiger partial charge in [0.2, 0.25) is 16.0 Å². The van der Waals surface area contributed by atoms with Crippen LogP contribution in [0, 0.1) is 0 Å². The summed E-state index contributed by atoms with van der Waals surface area (Å²) in [4.78, 5) is 35.0. The Labute approximate surface area is 245 Å². The molecule has 1 fully saturated rings. The van der Waals surface area contributed by atoms with Gasteiger partial charge in [0.1, 0.15) is 6.04 Å². The third-order valence-electron chi connectivity index (χ3n) is 7.02. The molecule has 2 aromatic carbocycles. The van der Waals surface area contributed by atoms with E-state index in [2.05, 4.69) is 25.3 Å². The summed E-state index contributed by atoms with van der Waals surface area (Å²) >= 11 is 0. The van der Waals surface area contributed by atoms with Crippen LogP contribution < -0.4 is 20.3 Å². The lowest BCUT2D eigenvalue weighted by Gasteiger charge is -2.35. The molecule has 2 heterocycles. The highest BCUT2D eigenvalue weighted by molar-refractivity contribution is 7.89. The summed E-state index contributed by atoms with van der Waals surface area (Å²) in [6.07, 6.45) is 4.40. The molecule has 1 saturated heterocycles. The normalized spacial score (nSPS) is 18.0. The molecule has 0 spiro atoms. The zero-order valence-electron chi connectivity index (χ0n) is 23.7. The van der Waals surface area contributed by atoms with Crippen LogP contribution in [-0.2, 0) is 20.2 Å². The predicted octanol–water partition coefficient (Wildman–Crippen LogP) is 2.34. The van der Waals surface area contributed by atoms with E-state index in [9.17, 15) is 28.2 Å². The smallest absolute Gasteiger partial charge is 0.323 e. The van der Waals surface area contributed by atoms with Gasteiger partial charge in [-0.3, -0.25) is 9.59 Å². The Morgan fingerprint density at radius 1 is 1.07 bits per heavy atom. The Kier molecular flexibility index (Phi) is 9.14. The van der Waals surface area contributed by atoms with Crippen molar-refractivity contribution >= 4 is 33.5 Å². The number of anilines is 2. The van der Waals surface area contributed by atoms with Crippen molar-refractivity contribution in [3.8, 4) is 0 Å². The number of hydrogen-bond donors (Lipinski definition) is 5. The number of carbonyl (C=O) groups is 2. The Morgan fingerprint density at radius 2 is 1.79 bits per heavy atom. The highest BCUT2D eigenvalue weighted by Gasteiger charge is 2.39. The van der Waals surface area contributed by atoms with Crippen LogP contribution in [0.3, 0.4) is 0 Å². The van der Waals surface area contributed by atoms with Gasteiger partial charge in [-0.05, 0) is 54.2 Å². The standard InChI is InChI=1S/C29H36N6O6S/c1-28(2,3)22-11-4-5-12-24(22)42(40,41)34-23(26(37)38)18-32-25(36)20-9-6-10-21(17-20)35-16-7-13-29(35,39)19-33-27-30-14-8-15-31-27/h4-6,8-12,14-15,17,23,34,39H,7,13,16,18-19H2,1-3H3,(H,32,36)(H,37,38)(H,30,31,33)/t23-,29-/m0/s1. The van der Waals surface area contributed by atoms with Gasteiger partial charge < -0.3 is 25.7 Å². The van der Waals surface area contributed by atoms with Crippen molar-refractivity contribution in [3.05, 3.63) is 78.1 Å². The van der Waals surface area contributed by atoms with Crippen molar-refractivity contribution in [1.82, 2.24) is 20.0 Å². The van der Waals surface area contributed by atoms with E-state index < -0.39 is 45.6 Å². The van der Waals surface area contributed by atoms with E-state index in [1.807, 2.05) is 20.8 Å². The van der Waals surface area contributed by atoms with Crippen molar-refractivity contribution in [2.45, 2.75) is 55.7 Å². The molecule has 12 nitrogen and oxygen atoms in total. The molecule has 5 N–H and O–H groups in total. The second kappa shape index (κ2) is 12.4. The maximum absolute atomic E-state index is 13.2. The summed E-state index contributed by atoms with van der Waals surface area (Å²) in [6, 6.07) is 13.1. The molecule has 224 valence electrons. The Bertz CT molecular complexity index is 1530. The van der Waals surface area contributed by atoms with E-state index in [-0.39, 0.29) is 17.0 Å². The number of benzene rings is 2. The monoisotopic (exact) mass is 596 g/mol. The lowest BCUT2D eigenvalue weighted by molar-refractivity contribution is -0.138. The maximum atomic E-state index is 13.2. The average molecular weight is 597 g/mol. The van der Waals surface area contributed by atoms with E-state index in [0.29, 0.717) is 30.2 Å². The fraction of sp³-hybridized carbons (Fsp3) is 0.379. The molecule has 0 aliphatic carbocycles. The van der Waals surface area contributed by atoms with Gasteiger partial charge in [0.25, 0.3) is 5.91 Å². The summed E-state index contributed by atoms with van der Waals surface area (Å²) in [6.45, 7) is 5.82. The minimum absolute atomic E-state index is 0.0193. The summed E-state index contributed by atoms with van der Waals surface area (Å²) in [5.74, 6) is -1.63. The Morgan fingerprint density at radius 3 is 2.48 bits per heavy atom. The number of aliphatic hydroxyl groups is 1. The summed E-state index contributed by atoms with van der Waals surface area (Å²) in [5.41, 5.74) is -0.379. The average Bonchev–Trinajstić information content (AvgIpc) is 3.35. The van der Waals surface area contributed by atoms with Crippen LogP contribution >= 0.6 is 0 Å². The molecule has 42 heavy (non-hydrogen) atoms. The van der Waals surface area contributed by atoms with Gasteiger partial charge >= 0.3 is 5.97 Å². The zero-order valence-corrected chi connectivity index (χ0v) is 24.6. The molecule has 1 amide bonds. The minimum Gasteiger partial charge on any atom is -0.480 e. The lowest BCUT2D eigenvalue weighted by atomic mass is 9.87. The van der Waals surface area contributed by atoms with E-state index in [4.69, 9.17) is 0 Å². The van der Waals surface area contributed by atoms with Crippen molar-refractivity contribution in [1.29, 1.82) is 0 Å². The molecule has 0 saturated carbocycles. The Balaban J connectivity index is 1.45. The first-order valence-corrected chi connectivity index (χ1v) is 15.0. The molecule has 3 aromatic rings. The highest BCUT2D eigenvalue weighted by atomic mass is 32.2. The molecule has 2 atom stereocenters. The largest absolute Gasteiger partial charge is 0.480 e. The highest BCUT2D eigenvalue weighted by Crippen LogP contribution is 2.33. The van der Waals surface area contributed by atoms with E-state index >= 15 is 0 Å². The first-order valence-electron chi connectivity index (χ1n) is 13.5. The summed E-state index contributed by atoms with van der Waals surface area (Å²) < 4.78 is 28.6. The number of rotatable bonds is 11. The summed E-state index contributed by atoms with van der Waals surface area (Å²) in [7, 11) is -4.22. The lowest BCUT2D eigenvalue weighted by Crippen LogP contribution is -2.49. The topological polar surface area (TPSA) is 174 Å². The quantitative estimate of drug-likeness (QED) is 0.221. The van der Waals surface area contributed by atoms with E-state index in [0.717, 1.165) is 6.42 Å². The Hall–Kier alpha value is -4.07. The number of aliphatic carboxylic acids is 1. The van der Waals surface area contributed by atoms with Gasteiger partial charge in [0.15, 0.2) is 5.72 Å². The predicted molar refractivity (Wildman–Crippen MR) is 158 cm³/mol. The van der Waals surface area contributed by atoms with Crippen LogP contribution in [0.5, 0.6) is 0 Å². The molecule has 1 aliphatic rings. The number of nitrogens with zero attached hydrogens (tertiary/aromatic N) is 3. The summed E-state index contributed by atoms with van der Waals surface area (Å²) in [5, 5.41) is 26.7. The fourth-order valence-corrected chi connectivity index (χ4v) is 6.50. The molecule has 4 rings (SSSR count). The number of amides is 1. The van der Waals surface area contributed by atoms with Crippen LogP contribution in [0.15, 0.2) is 71.9 Å². The number of carbonyl (C=O) groups excluding carboxylic acids is 1. The van der Waals surface area contributed by atoms with E-state index in [1.165, 1.54) is 6.07 Å². The first kappa shape index (κ1) is 30.9. The van der Waals surface area contributed by atoms with Crippen molar-refractivity contribution in [3.63, 3.8) is 0 Å². The third-order valence-corrected chi connectivity index (χ3v) is 8.55. The molecular formula is C29H36N6O6S. The van der Waals surface area contributed by atoms with Gasteiger partial charge in [0.05, 0.1) is 11.4 Å². The number of carboxylic acids is 1. The molecule has 1 aromatic heterocycles. The molecule has 13 heteroatoms. The second-order valence-electron chi connectivity index (χ2n) is 11.2. The molecule has 0 bridgehead atoms. The van der Waals surface area contributed by atoms with Crippen LogP contribution in [0.4, 0.5) is 11.6 Å². The second-order valence-corrected chi connectivity index (χ2v) is 12.9. The van der Waals surface area contributed by atoms with Crippen molar-refractivity contribution in [2.75, 3.05) is 29.9 Å². The van der Waals surface area contributed by atoms with Crippen LogP contribution in [0.2, 0.25) is 0 Å². The number of carboxylic acid groups (broad SMARTS) is 1. The van der Waals surface area contributed by atoms with Gasteiger partial charge in [-0.15, -0.1) is 0 Å². The fourth-order valence-electron chi connectivity index (χ4n) is 4.89. The minimum atomic E-state index is -4.22. The maximum Gasteiger partial charge on any atom is 0.323 e. The molecule has 1 aliphatic heterocycles. The molecule has 0 unspecified atom stereocenters. The number of hydrogen-bond acceptors (Lipinski definition) is 9. The third kappa shape index (κ3) is 7.22. The van der Waals surface area contributed by atoms with Crippen LogP contribution in [-0.4, -0.2) is 71.9 Å². The van der Waals surface area contributed by atoms with Gasteiger partial charge in [0, 0.05) is 36.7 Å². The van der Waals surface area contributed by atoms with Gasteiger partial charge in [-0.25, -0.2) is 18.4 Å². The number of aromatic nitrogens is 2. The van der Waals surface area contributed by atoms with Gasteiger partial charge in [-0.1, -0.05) is 45.0 Å². The van der Waals surface area contributed by atoms with Crippen LogP contribution in [0.1, 0.15) is 49.5 Å². The molecule has 0 radical (unpaired) electrons. The number of nitrogens with one attached hydrogen (secondary N) is 3. The molecular weight excluding hydrogens is 560 g/mol. The van der Waals surface area contributed by atoms with Crippen LogP contribution in [0.25, 0.3) is 0 Å². The van der Waals surface area contributed by atoms with Crippen molar-refractivity contribution in [2.24, 2.45) is 0 Å². The van der Waals surface area contributed by atoms with Gasteiger partial charge in [-0.2, -0.15) is 4.72 Å².